The maximum Gasteiger partial charge on any atom is 0.0859 e. The number of nitroso groups, excluding NO2 is 1. The van der Waals surface area contributed by atoms with E-state index in [0.29, 0.717) is 6.54 Å². The highest BCUT2D eigenvalue weighted by molar-refractivity contribution is 7.09. The Morgan fingerprint density at radius 1 is 1.67 bits per heavy atom. The van der Waals surface area contributed by atoms with Crippen LogP contribution in [0.3, 0.4) is 0 Å². The highest BCUT2D eigenvalue weighted by Crippen LogP contribution is 2.08. The fourth-order valence-corrected chi connectivity index (χ4v) is 1.31. The summed E-state index contributed by atoms with van der Waals surface area (Å²) in [7, 11) is 0. The maximum absolute atomic E-state index is 9.65. The molecule has 0 bridgehead atoms. The Morgan fingerprint density at radius 3 is 3.11 bits per heavy atom. The molecule has 0 fully saturated rings. The average Bonchev–Trinajstić information content (AvgIpc) is 2.34. The number of rotatable bonds is 3. The Kier molecular flexibility index (Phi) is 2.39. The van der Waals surface area contributed by atoms with Gasteiger partial charge in [0.25, 0.3) is 0 Å². The van der Waals surface area contributed by atoms with Crippen molar-refractivity contribution < 1.29 is 0 Å². The summed E-state index contributed by atoms with van der Waals surface area (Å²) in [5.41, 5.74) is 0. The van der Waals surface area contributed by atoms with Gasteiger partial charge in [0, 0.05) is 11.3 Å². The normalized spacial score (nSPS) is 9.33. The Morgan fingerprint density at radius 2 is 2.56 bits per heavy atom. The number of hydrogen-bond donors (Lipinski definition) is 0. The molecular weight excluding hydrogens is 134 g/mol. The van der Waals surface area contributed by atoms with E-state index in [-0.39, 0.29) is 0 Å². The van der Waals surface area contributed by atoms with E-state index in [4.69, 9.17) is 0 Å². The van der Waals surface area contributed by atoms with Gasteiger partial charge in [-0.2, -0.15) is 4.91 Å². The van der Waals surface area contributed by atoms with E-state index >= 15 is 0 Å². The van der Waals surface area contributed by atoms with Crippen LogP contribution in [0.15, 0.2) is 22.7 Å². The molecule has 0 amide bonds. The fraction of sp³-hybridized carbons (Fsp3) is 0.333. The van der Waals surface area contributed by atoms with Crippen molar-refractivity contribution in [1.29, 1.82) is 0 Å². The van der Waals surface area contributed by atoms with Crippen LogP contribution in [-0.4, -0.2) is 6.54 Å². The highest BCUT2D eigenvalue weighted by Gasteiger charge is 1.90. The largest absolute Gasteiger partial charge is 0.151 e. The van der Waals surface area contributed by atoms with E-state index in [2.05, 4.69) is 5.18 Å². The van der Waals surface area contributed by atoms with Gasteiger partial charge < -0.3 is 0 Å². The van der Waals surface area contributed by atoms with Crippen LogP contribution in [-0.2, 0) is 6.42 Å². The van der Waals surface area contributed by atoms with Crippen molar-refractivity contribution in [3.05, 3.63) is 27.3 Å². The molecule has 0 N–H and O–H groups in total. The SMILES string of the molecule is O=NCCc1cccs1. The molecule has 0 saturated heterocycles. The summed E-state index contributed by atoms with van der Waals surface area (Å²) in [6.45, 7) is 0.403. The Balaban J connectivity index is 2.38. The van der Waals surface area contributed by atoms with Crippen LogP contribution >= 0.6 is 11.3 Å². The van der Waals surface area contributed by atoms with E-state index in [1.54, 1.807) is 11.3 Å². The molecule has 0 unspecified atom stereocenters. The van der Waals surface area contributed by atoms with Gasteiger partial charge in [-0.3, -0.25) is 0 Å². The van der Waals surface area contributed by atoms with Crippen LogP contribution in [0.5, 0.6) is 0 Å². The standard InChI is InChI=1S/C6H7NOS/c8-7-4-3-6-2-1-5-9-6/h1-2,5H,3-4H2. The van der Waals surface area contributed by atoms with Gasteiger partial charge in [-0.1, -0.05) is 11.2 Å². The maximum atomic E-state index is 9.65. The average molecular weight is 141 g/mol. The third-order valence-corrected chi connectivity index (χ3v) is 1.97. The van der Waals surface area contributed by atoms with Gasteiger partial charge in [-0.15, -0.1) is 11.3 Å². The summed E-state index contributed by atoms with van der Waals surface area (Å²) in [4.78, 5) is 10.9. The second-order valence-corrected chi connectivity index (χ2v) is 2.71. The van der Waals surface area contributed by atoms with E-state index in [9.17, 15) is 4.91 Å². The molecular formula is C6H7NOS. The summed E-state index contributed by atoms with van der Waals surface area (Å²) >= 11 is 1.66. The summed E-state index contributed by atoms with van der Waals surface area (Å²) in [6, 6.07) is 3.99. The predicted octanol–water partition coefficient (Wildman–Crippen LogP) is 2.06. The lowest BCUT2D eigenvalue weighted by molar-refractivity contribution is 0.979. The molecule has 0 radical (unpaired) electrons. The van der Waals surface area contributed by atoms with Gasteiger partial charge in [-0.05, 0) is 11.4 Å². The Bertz CT molecular complexity index is 171. The Hall–Kier alpha value is -0.700. The van der Waals surface area contributed by atoms with Crippen LogP contribution in [0.2, 0.25) is 0 Å². The molecule has 1 aromatic rings. The van der Waals surface area contributed by atoms with Gasteiger partial charge in [-0.25, -0.2) is 0 Å². The van der Waals surface area contributed by atoms with E-state index < -0.39 is 0 Å². The zero-order chi connectivity index (χ0) is 6.53. The van der Waals surface area contributed by atoms with Crippen molar-refractivity contribution in [3.8, 4) is 0 Å². The Labute approximate surface area is 57.5 Å². The smallest absolute Gasteiger partial charge is 0.0859 e. The minimum atomic E-state index is 0.403. The lowest BCUT2D eigenvalue weighted by Crippen LogP contribution is -1.81. The van der Waals surface area contributed by atoms with E-state index in [1.807, 2.05) is 17.5 Å². The topological polar surface area (TPSA) is 29.4 Å². The molecule has 0 aromatic carbocycles. The summed E-state index contributed by atoms with van der Waals surface area (Å²) in [5.74, 6) is 0. The quantitative estimate of drug-likeness (QED) is 0.592. The molecule has 1 aromatic heterocycles. The highest BCUT2D eigenvalue weighted by atomic mass is 32.1. The minimum Gasteiger partial charge on any atom is -0.151 e. The van der Waals surface area contributed by atoms with E-state index in [0.717, 1.165) is 6.42 Å². The molecule has 0 aliphatic carbocycles. The molecule has 3 heteroatoms. The van der Waals surface area contributed by atoms with Gasteiger partial charge in [0.05, 0.1) is 6.54 Å². The van der Waals surface area contributed by atoms with Crippen molar-refractivity contribution in [2.75, 3.05) is 6.54 Å². The first-order valence-corrected chi connectivity index (χ1v) is 3.63. The molecule has 0 aliphatic heterocycles. The summed E-state index contributed by atoms with van der Waals surface area (Å²) < 4.78 is 0. The third-order valence-electron chi connectivity index (χ3n) is 1.03. The van der Waals surface area contributed by atoms with Gasteiger partial charge >= 0.3 is 0 Å². The van der Waals surface area contributed by atoms with Crippen LogP contribution in [0.1, 0.15) is 4.88 Å². The van der Waals surface area contributed by atoms with Crippen molar-refractivity contribution in [2.24, 2.45) is 5.18 Å². The molecule has 0 atom stereocenters. The molecule has 9 heavy (non-hydrogen) atoms. The summed E-state index contributed by atoms with van der Waals surface area (Å²) in [5, 5.41) is 4.77. The molecule has 0 spiro atoms. The first kappa shape index (κ1) is 6.42. The molecule has 0 saturated carbocycles. The zero-order valence-electron chi connectivity index (χ0n) is 4.91. The molecule has 0 aliphatic rings. The molecule has 48 valence electrons. The van der Waals surface area contributed by atoms with Crippen LogP contribution in [0.4, 0.5) is 0 Å². The van der Waals surface area contributed by atoms with Gasteiger partial charge in [0.2, 0.25) is 0 Å². The third kappa shape index (κ3) is 1.93. The molecule has 1 heterocycles. The van der Waals surface area contributed by atoms with Crippen molar-refractivity contribution in [1.82, 2.24) is 0 Å². The van der Waals surface area contributed by atoms with Crippen LogP contribution in [0.25, 0.3) is 0 Å². The van der Waals surface area contributed by atoms with Crippen LogP contribution < -0.4 is 0 Å². The number of nitrogens with zero attached hydrogens (tertiary/aromatic N) is 1. The first-order valence-electron chi connectivity index (χ1n) is 2.75. The lowest BCUT2D eigenvalue weighted by Gasteiger charge is -1.84. The first-order chi connectivity index (χ1) is 4.43. The van der Waals surface area contributed by atoms with Crippen molar-refractivity contribution in [2.45, 2.75) is 6.42 Å². The second kappa shape index (κ2) is 3.35. The zero-order valence-corrected chi connectivity index (χ0v) is 5.73. The number of hydrogen-bond acceptors (Lipinski definition) is 3. The summed E-state index contributed by atoms with van der Waals surface area (Å²) in [6.07, 6.45) is 0.793. The monoisotopic (exact) mass is 141 g/mol. The van der Waals surface area contributed by atoms with Crippen molar-refractivity contribution >= 4 is 11.3 Å². The van der Waals surface area contributed by atoms with Gasteiger partial charge in [0.15, 0.2) is 0 Å². The van der Waals surface area contributed by atoms with Crippen LogP contribution in [0, 0.1) is 4.91 Å². The van der Waals surface area contributed by atoms with Gasteiger partial charge in [0.1, 0.15) is 0 Å². The number of thiophene rings is 1. The minimum absolute atomic E-state index is 0.403. The van der Waals surface area contributed by atoms with E-state index in [1.165, 1.54) is 4.88 Å². The molecule has 2 nitrogen and oxygen atoms in total. The second-order valence-electron chi connectivity index (χ2n) is 1.68. The molecule has 1 rings (SSSR count). The predicted molar refractivity (Wildman–Crippen MR) is 38.7 cm³/mol. The van der Waals surface area contributed by atoms with Crippen molar-refractivity contribution in [3.63, 3.8) is 0 Å². The lowest BCUT2D eigenvalue weighted by atomic mass is 10.3. The fourth-order valence-electron chi connectivity index (χ4n) is 0.611.